The Hall–Kier alpha value is -3.46. The summed E-state index contributed by atoms with van der Waals surface area (Å²) in [6, 6.07) is 7.41. The van der Waals surface area contributed by atoms with Gasteiger partial charge in [-0.25, -0.2) is 4.98 Å². The smallest absolute Gasteiger partial charge is 0.263 e. The van der Waals surface area contributed by atoms with Gasteiger partial charge in [-0.1, -0.05) is 12.8 Å². The largest absolute Gasteiger partial charge is 0.489 e. The summed E-state index contributed by atoms with van der Waals surface area (Å²) in [5.41, 5.74) is 3.23. The van der Waals surface area contributed by atoms with Crippen molar-refractivity contribution >= 4 is 34.1 Å². The first kappa shape index (κ1) is 23.6. The number of Topliss-reactive ketones (excluding diaryl/α,β-unsaturated/α-hetero) is 1. The molecular weight excluding hydrogens is 480 g/mol. The number of pyridine rings is 1. The fraction of sp³-hybridized carbons (Fsp3) is 0.517. The summed E-state index contributed by atoms with van der Waals surface area (Å²) in [7, 11) is 0. The van der Waals surface area contributed by atoms with Crippen LogP contribution in [0.1, 0.15) is 67.4 Å². The summed E-state index contributed by atoms with van der Waals surface area (Å²) in [5, 5.41) is 4.08. The Morgan fingerprint density at radius 2 is 1.89 bits per heavy atom. The number of ketones is 1. The Bertz CT molecular complexity index is 1490. The molecule has 7 rings (SSSR count). The van der Waals surface area contributed by atoms with Crippen LogP contribution in [-0.4, -0.2) is 63.5 Å². The first-order valence-electron chi connectivity index (χ1n) is 14.0. The van der Waals surface area contributed by atoms with Crippen LogP contribution >= 0.6 is 0 Å². The lowest BCUT2D eigenvalue weighted by molar-refractivity contribution is 0.101. The third-order valence-electron chi connectivity index (χ3n) is 8.78. The van der Waals surface area contributed by atoms with Gasteiger partial charge >= 0.3 is 0 Å². The highest BCUT2D eigenvalue weighted by molar-refractivity contribution is 5.99. The predicted octanol–water partition coefficient (Wildman–Crippen LogP) is 4.21. The van der Waals surface area contributed by atoms with Crippen molar-refractivity contribution < 1.29 is 9.53 Å². The lowest BCUT2D eigenvalue weighted by Gasteiger charge is -2.45. The molecule has 38 heavy (non-hydrogen) atoms. The number of piperazine rings is 1. The molecule has 1 aromatic carbocycles. The molecule has 3 fully saturated rings. The molecule has 2 aliphatic carbocycles. The van der Waals surface area contributed by atoms with Crippen LogP contribution in [0.15, 0.2) is 29.2 Å². The quantitative estimate of drug-likeness (QED) is 0.507. The van der Waals surface area contributed by atoms with Crippen molar-refractivity contribution in [2.75, 3.05) is 36.5 Å². The zero-order valence-electron chi connectivity index (χ0n) is 22.1. The van der Waals surface area contributed by atoms with E-state index in [9.17, 15) is 9.59 Å². The normalized spacial score (nSPS) is 21.7. The van der Waals surface area contributed by atoms with E-state index in [1.807, 2.05) is 19.1 Å². The number of benzene rings is 1. The number of aryl methyl sites for hydroxylation is 1. The number of aromatic nitrogens is 3. The van der Waals surface area contributed by atoms with Gasteiger partial charge in [-0.15, -0.1) is 0 Å². The fourth-order valence-electron chi connectivity index (χ4n) is 6.68. The molecule has 198 valence electrons. The van der Waals surface area contributed by atoms with Crippen molar-refractivity contribution in [3.05, 3.63) is 45.9 Å². The van der Waals surface area contributed by atoms with Crippen molar-refractivity contribution in [3.63, 3.8) is 0 Å². The highest BCUT2D eigenvalue weighted by Crippen LogP contribution is 2.39. The van der Waals surface area contributed by atoms with E-state index in [2.05, 4.69) is 26.2 Å². The third-order valence-corrected chi connectivity index (χ3v) is 8.78. The van der Waals surface area contributed by atoms with E-state index >= 15 is 0 Å². The minimum atomic E-state index is -0.238. The minimum Gasteiger partial charge on any atom is -0.489 e. The molecule has 1 saturated heterocycles. The Balaban J connectivity index is 1.20. The molecule has 9 heteroatoms. The highest BCUT2D eigenvalue weighted by Gasteiger charge is 2.38. The number of carbonyl (C=O) groups is 1. The van der Waals surface area contributed by atoms with Gasteiger partial charge in [-0.05, 0) is 57.2 Å². The number of hydrogen-bond donors (Lipinski definition) is 1. The van der Waals surface area contributed by atoms with Crippen LogP contribution in [0.2, 0.25) is 0 Å². The number of ether oxygens (including phenoxy) is 1. The number of rotatable bonds is 5. The molecule has 4 heterocycles. The molecule has 1 N–H and O–H groups in total. The summed E-state index contributed by atoms with van der Waals surface area (Å²) in [6.07, 6.45) is 8.39. The summed E-state index contributed by atoms with van der Waals surface area (Å²) < 4.78 is 7.96. The Kier molecular flexibility index (Phi) is 5.65. The first-order chi connectivity index (χ1) is 18.5. The highest BCUT2D eigenvalue weighted by atomic mass is 16.5. The maximum atomic E-state index is 13.5. The van der Waals surface area contributed by atoms with Crippen molar-refractivity contribution in [2.45, 2.75) is 70.5 Å². The molecular formula is C29H34N6O3. The van der Waals surface area contributed by atoms with Crippen LogP contribution in [0.4, 0.5) is 17.3 Å². The van der Waals surface area contributed by atoms with Gasteiger partial charge in [-0.3, -0.25) is 19.1 Å². The van der Waals surface area contributed by atoms with Crippen molar-refractivity contribution in [2.24, 2.45) is 0 Å². The second-order valence-corrected chi connectivity index (χ2v) is 11.3. The average molecular weight is 515 g/mol. The van der Waals surface area contributed by atoms with Crippen LogP contribution in [0, 0.1) is 6.92 Å². The fourth-order valence-corrected chi connectivity index (χ4v) is 6.68. The number of fused-ring (bicyclic) bond motifs is 4. The molecule has 2 aromatic heterocycles. The second-order valence-electron chi connectivity index (χ2n) is 11.3. The van der Waals surface area contributed by atoms with Crippen LogP contribution in [0.25, 0.3) is 11.0 Å². The molecule has 0 unspecified atom stereocenters. The van der Waals surface area contributed by atoms with Crippen LogP contribution in [-0.2, 0) is 0 Å². The van der Waals surface area contributed by atoms with Gasteiger partial charge in [0.15, 0.2) is 5.78 Å². The monoisotopic (exact) mass is 514 g/mol. The molecule has 0 spiro atoms. The van der Waals surface area contributed by atoms with Crippen LogP contribution < -0.4 is 20.5 Å². The summed E-state index contributed by atoms with van der Waals surface area (Å²) >= 11 is 0. The van der Waals surface area contributed by atoms with Gasteiger partial charge in [0.2, 0.25) is 5.95 Å². The lowest BCUT2D eigenvalue weighted by atomic mass is 10.0. The zero-order chi connectivity index (χ0) is 26.0. The van der Waals surface area contributed by atoms with Gasteiger partial charge in [0.1, 0.15) is 18.0 Å². The first-order valence-corrected chi connectivity index (χ1v) is 14.0. The van der Waals surface area contributed by atoms with Crippen LogP contribution in [0.3, 0.4) is 0 Å². The van der Waals surface area contributed by atoms with Crippen molar-refractivity contribution in [1.82, 2.24) is 19.4 Å². The molecule has 0 amide bonds. The topological polar surface area (TPSA) is 92.6 Å². The number of carbonyl (C=O) groups excluding carboxylic acids is 1. The van der Waals surface area contributed by atoms with E-state index in [4.69, 9.17) is 9.72 Å². The third kappa shape index (κ3) is 3.95. The predicted molar refractivity (Wildman–Crippen MR) is 147 cm³/mol. The Labute approximate surface area is 221 Å². The summed E-state index contributed by atoms with van der Waals surface area (Å²) in [5.74, 6) is 1.08. The number of nitrogens with one attached hydrogen (secondary N) is 1. The van der Waals surface area contributed by atoms with E-state index in [1.165, 1.54) is 19.8 Å². The Morgan fingerprint density at radius 3 is 2.66 bits per heavy atom. The van der Waals surface area contributed by atoms with Gasteiger partial charge in [0.25, 0.3) is 5.56 Å². The molecule has 3 aromatic rings. The van der Waals surface area contributed by atoms with E-state index in [0.29, 0.717) is 29.8 Å². The summed E-state index contributed by atoms with van der Waals surface area (Å²) in [4.78, 5) is 40.3. The number of anilines is 3. The van der Waals surface area contributed by atoms with Crippen molar-refractivity contribution in [3.8, 4) is 5.75 Å². The van der Waals surface area contributed by atoms with E-state index < -0.39 is 0 Å². The molecule has 0 radical (unpaired) electrons. The minimum absolute atomic E-state index is 0.0527. The number of nitrogens with zero attached hydrogens (tertiary/aromatic N) is 5. The Morgan fingerprint density at radius 1 is 1.08 bits per heavy atom. The maximum absolute atomic E-state index is 13.5. The molecule has 2 saturated carbocycles. The molecule has 4 aliphatic rings. The maximum Gasteiger partial charge on any atom is 0.263 e. The van der Waals surface area contributed by atoms with Crippen LogP contribution in [0.5, 0.6) is 5.75 Å². The zero-order valence-corrected chi connectivity index (χ0v) is 22.1. The summed E-state index contributed by atoms with van der Waals surface area (Å²) in [6.45, 7) is 7.17. The van der Waals surface area contributed by atoms with Crippen molar-refractivity contribution in [1.29, 1.82) is 0 Å². The van der Waals surface area contributed by atoms with Gasteiger partial charge < -0.3 is 15.0 Å². The number of hydrogen-bond acceptors (Lipinski definition) is 8. The molecule has 0 bridgehead atoms. The molecule has 1 atom stereocenters. The standard InChI is InChI=1S/C29H34N6O3/c1-17-23-14-30-29(32-27(23)35(21-5-3-4-6-21)28(37)26(17)18(2)36)31-19-7-10-24-25(13-19)38-16-22-15-33(20-8-9-20)11-12-34(22)24/h7,10,13-14,20-22H,3-6,8-9,11-12,15-16H2,1-2H3,(H,30,31,32)/t22-/m0/s1. The van der Waals surface area contributed by atoms with E-state index in [-0.39, 0.29) is 22.9 Å². The molecule has 9 nitrogen and oxygen atoms in total. The SMILES string of the molecule is CC(=O)c1c(C)c2cnc(Nc3ccc4c(c3)OC[C@@H]3CN(C5CC5)CCN43)nc2n(C2CCCC2)c1=O. The van der Waals surface area contributed by atoms with Gasteiger partial charge in [-0.2, -0.15) is 4.98 Å². The van der Waals surface area contributed by atoms with Gasteiger partial charge in [0, 0.05) is 55.1 Å². The van der Waals surface area contributed by atoms with Gasteiger partial charge in [0.05, 0.1) is 17.3 Å². The van der Waals surface area contributed by atoms with E-state index in [0.717, 1.165) is 73.9 Å². The lowest BCUT2D eigenvalue weighted by Crippen LogP contribution is -2.57. The second kappa shape index (κ2) is 9.08. The average Bonchev–Trinajstić information content (AvgIpc) is 3.63. The van der Waals surface area contributed by atoms with E-state index in [1.54, 1.807) is 10.8 Å². The molecule has 2 aliphatic heterocycles.